The number of amides is 2. The summed E-state index contributed by atoms with van der Waals surface area (Å²) in [5, 5.41) is 12.7. The number of hydrogen-bond donors (Lipinski definition) is 2. The van der Waals surface area contributed by atoms with Crippen LogP contribution in [0.25, 0.3) is 16.2 Å². The Balaban J connectivity index is 1.36. The molecule has 0 spiro atoms. The predicted octanol–water partition coefficient (Wildman–Crippen LogP) is 3.41. The Kier molecular flexibility index (Phi) is 6.36. The van der Waals surface area contributed by atoms with E-state index in [0.717, 1.165) is 10.4 Å². The fourth-order valence-corrected chi connectivity index (χ4v) is 5.10. The van der Waals surface area contributed by atoms with Gasteiger partial charge in [0.1, 0.15) is 16.3 Å². The summed E-state index contributed by atoms with van der Waals surface area (Å²) in [6.45, 7) is 5.35. The summed E-state index contributed by atoms with van der Waals surface area (Å²) in [6, 6.07) is 2.03. The van der Waals surface area contributed by atoms with Crippen molar-refractivity contribution in [3.05, 3.63) is 29.5 Å². The molecule has 1 aliphatic heterocycles. The molecule has 2 fully saturated rings. The molecule has 1 saturated carbocycles. The van der Waals surface area contributed by atoms with Gasteiger partial charge in [0.25, 0.3) is 5.91 Å². The molecule has 2 amide bonds. The van der Waals surface area contributed by atoms with Gasteiger partial charge in [-0.1, -0.05) is 0 Å². The minimum absolute atomic E-state index is 0.000194. The Morgan fingerprint density at radius 2 is 2.03 bits per heavy atom. The molecule has 10 nitrogen and oxygen atoms in total. The number of carbonyl (C=O) groups excluding carboxylic acids is 2. The van der Waals surface area contributed by atoms with Crippen LogP contribution in [0.5, 0.6) is 0 Å². The van der Waals surface area contributed by atoms with Gasteiger partial charge in [-0.15, -0.1) is 11.3 Å². The molecule has 2 N–H and O–H groups in total. The van der Waals surface area contributed by atoms with Crippen molar-refractivity contribution >= 4 is 34.0 Å². The van der Waals surface area contributed by atoms with E-state index in [-0.39, 0.29) is 18.0 Å². The average Bonchev–Trinajstić information content (AvgIpc) is 3.45. The zero-order chi connectivity index (χ0) is 23.7. The Labute approximate surface area is 201 Å². The van der Waals surface area contributed by atoms with E-state index in [4.69, 9.17) is 9.72 Å². The summed E-state index contributed by atoms with van der Waals surface area (Å²) in [4.78, 5) is 37.3. The van der Waals surface area contributed by atoms with Gasteiger partial charge in [0.15, 0.2) is 5.82 Å². The Morgan fingerprint density at radius 1 is 1.24 bits per heavy atom. The van der Waals surface area contributed by atoms with E-state index < -0.39 is 6.09 Å². The lowest BCUT2D eigenvalue weighted by molar-refractivity contribution is 0.0696. The van der Waals surface area contributed by atoms with Crippen molar-refractivity contribution < 1.29 is 14.3 Å². The zero-order valence-corrected chi connectivity index (χ0v) is 20.2. The molecular weight excluding hydrogens is 454 g/mol. The molecule has 180 valence electrons. The maximum Gasteiger partial charge on any atom is 0.407 e. The van der Waals surface area contributed by atoms with Gasteiger partial charge < -0.3 is 20.3 Å². The first-order valence-corrected chi connectivity index (χ1v) is 12.7. The number of alkyl carbamates (subject to hydrolysis) is 1. The Morgan fingerprint density at radius 3 is 2.76 bits per heavy atom. The largest absolute Gasteiger partial charge is 0.450 e. The number of carbonyl (C=O) groups is 2. The molecule has 0 aromatic carbocycles. The number of anilines is 1. The fraction of sp³-hybridized carbons (Fsp3) is 0.522. The van der Waals surface area contributed by atoms with E-state index in [0.29, 0.717) is 55.8 Å². The number of thiazole rings is 1. The molecule has 4 heterocycles. The van der Waals surface area contributed by atoms with Crippen molar-refractivity contribution in [2.75, 3.05) is 25.0 Å². The SMILES string of the molecule is CCOC(=O)NC1CCN(C(=O)c2cc(N[C@@H](C)C3CC3)nc(-c3cnn4ccsc34)n2)CC1. The standard InChI is InChI=1S/C23H29N7O3S/c1-3-33-23(32)26-16-6-8-29(9-7-16)21(31)18-12-19(25-14(2)15-4-5-15)28-20(27-18)17-13-24-30-10-11-34-22(17)30/h10-16H,3-9H2,1-2H3,(H,26,32)(H,25,27,28)/t14-/m0/s1. The van der Waals surface area contributed by atoms with Crippen molar-refractivity contribution in [2.45, 2.75) is 51.6 Å². The average molecular weight is 484 g/mol. The summed E-state index contributed by atoms with van der Waals surface area (Å²) in [5.74, 6) is 1.66. The smallest absolute Gasteiger partial charge is 0.407 e. The highest BCUT2D eigenvalue weighted by Crippen LogP contribution is 2.34. The lowest BCUT2D eigenvalue weighted by Crippen LogP contribution is -2.46. The first-order valence-electron chi connectivity index (χ1n) is 11.8. The van der Waals surface area contributed by atoms with E-state index >= 15 is 0 Å². The zero-order valence-electron chi connectivity index (χ0n) is 19.4. The topological polar surface area (TPSA) is 114 Å². The summed E-state index contributed by atoms with van der Waals surface area (Å²) in [5.41, 5.74) is 1.17. The molecule has 3 aromatic heterocycles. The number of rotatable bonds is 7. The van der Waals surface area contributed by atoms with Crippen LogP contribution in [0.4, 0.5) is 10.6 Å². The van der Waals surface area contributed by atoms with E-state index in [1.807, 2.05) is 11.6 Å². The first kappa shape index (κ1) is 22.6. The van der Waals surface area contributed by atoms with Gasteiger partial charge in [-0.05, 0) is 45.4 Å². The maximum atomic E-state index is 13.4. The van der Waals surface area contributed by atoms with Gasteiger partial charge >= 0.3 is 6.09 Å². The number of piperidine rings is 1. The third-order valence-corrected chi connectivity index (χ3v) is 7.29. The monoisotopic (exact) mass is 483 g/mol. The van der Waals surface area contributed by atoms with E-state index in [9.17, 15) is 9.59 Å². The second-order valence-corrected chi connectivity index (χ2v) is 9.77. The van der Waals surface area contributed by atoms with Crippen molar-refractivity contribution in [1.82, 2.24) is 29.8 Å². The van der Waals surface area contributed by atoms with E-state index in [2.05, 4.69) is 27.6 Å². The van der Waals surface area contributed by atoms with Crippen LogP contribution < -0.4 is 10.6 Å². The highest BCUT2D eigenvalue weighted by atomic mass is 32.1. The van der Waals surface area contributed by atoms with E-state index in [1.165, 1.54) is 12.8 Å². The number of nitrogens with one attached hydrogen (secondary N) is 2. The van der Waals surface area contributed by atoms with Crippen LogP contribution in [-0.2, 0) is 4.74 Å². The van der Waals surface area contributed by atoms with Crippen LogP contribution in [0.2, 0.25) is 0 Å². The van der Waals surface area contributed by atoms with Crippen LogP contribution in [0.3, 0.4) is 0 Å². The minimum atomic E-state index is -0.408. The summed E-state index contributed by atoms with van der Waals surface area (Å²) in [7, 11) is 0. The highest BCUT2D eigenvalue weighted by Gasteiger charge is 2.30. The molecule has 0 bridgehead atoms. The van der Waals surface area contributed by atoms with Crippen molar-refractivity contribution in [3.63, 3.8) is 0 Å². The van der Waals surface area contributed by atoms with Gasteiger partial charge in [-0.2, -0.15) is 5.10 Å². The second-order valence-electron chi connectivity index (χ2n) is 8.87. The number of aromatic nitrogens is 4. The molecule has 2 aliphatic rings. The minimum Gasteiger partial charge on any atom is -0.450 e. The molecule has 1 aliphatic carbocycles. The summed E-state index contributed by atoms with van der Waals surface area (Å²) in [6.07, 6.45) is 7.00. The molecule has 11 heteroatoms. The predicted molar refractivity (Wildman–Crippen MR) is 129 cm³/mol. The fourth-order valence-electron chi connectivity index (χ4n) is 4.31. The Hall–Kier alpha value is -3.21. The second kappa shape index (κ2) is 9.57. The molecule has 1 atom stereocenters. The first-order chi connectivity index (χ1) is 16.5. The van der Waals surface area contributed by atoms with Crippen LogP contribution in [-0.4, -0.2) is 68.3 Å². The Bertz CT molecular complexity index is 1180. The van der Waals surface area contributed by atoms with Crippen molar-refractivity contribution in [1.29, 1.82) is 0 Å². The molecule has 0 radical (unpaired) electrons. The summed E-state index contributed by atoms with van der Waals surface area (Å²) >= 11 is 1.56. The number of hydrogen-bond acceptors (Lipinski definition) is 8. The van der Waals surface area contributed by atoms with E-state index in [1.54, 1.807) is 39.9 Å². The normalized spacial score (nSPS) is 17.5. The highest BCUT2D eigenvalue weighted by molar-refractivity contribution is 7.16. The number of likely N-dealkylation sites (tertiary alicyclic amines) is 1. The van der Waals surface area contributed by atoms with Crippen LogP contribution in [0, 0.1) is 5.92 Å². The molecule has 34 heavy (non-hydrogen) atoms. The third kappa shape index (κ3) is 4.84. The van der Waals surface area contributed by atoms with Gasteiger partial charge in [0.2, 0.25) is 0 Å². The van der Waals surface area contributed by atoms with Gasteiger partial charge in [-0.3, -0.25) is 4.79 Å². The maximum absolute atomic E-state index is 13.4. The molecule has 5 rings (SSSR count). The van der Waals surface area contributed by atoms with Crippen molar-refractivity contribution in [3.8, 4) is 11.4 Å². The number of ether oxygens (including phenoxy) is 1. The van der Waals surface area contributed by atoms with Gasteiger partial charge in [0, 0.05) is 42.8 Å². The lowest BCUT2D eigenvalue weighted by atomic mass is 10.0. The number of fused-ring (bicyclic) bond motifs is 1. The lowest BCUT2D eigenvalue weighted by Gasteiger charge is -2.32. The van der Waals surface area contributed by atoms with Crippen LogP contribution in [0.15, 0.2) is 23.8 Å². The molecule has 3 aromatic rings. The quantitative estimate of drug-likeness (QED) is 0.529. The van der Waals surface area contributed by atoms with Crippen molar-refractivity contribution in [2.24, 2.45) is 5.92 Å². The number of nitrogens with zero attached hydrogens (tertiary/aromatic N) is 5. The van der Waals surface area contributed by atoms with Crippen LogP contribution >= 0.6 is 11.3 Å². The molecule has 0 unspecified atom stereocenters. The summed E-state index contributed by atoms with van der Waals surface area (Å²) < 4.78 is 6.76. The molecule has 1 saturated heterocycles. The van der Waals surface area contributed by atoms with Crippen LogP contribution in [0.1, 0.15) is 50.0 Å². The third-order valence-electron chi connectivity index (χ3n) is 6.40. The van der Waals surface area contributed by atoms with Gasteiger partial charge in [0.05, 0.1) is 18.4 Å². The van der Waals surface area contributed by atoms with Gasteiger partial charge in [-0.25, -0.2) is 19.3 Å². The molecular formula is C23H29N7O3S.